The first-order valence-electron chi connectivity index (χ1n) is 12.8. The van der Waals surface area contributed by atoms with Crippen LogP contribution in [0.2, 0.25) is 23.7 Å². The molecule has 1 fully saturated rings. The zero-order valence-electron chi connectivity index (χ0n) is 21.6. The molecule has 2 aromatic carbocycles. The van der Waals surface area contributed by atoms with E-state index in [4.69, 9.17) is 16.3 Å². The molecule has 0 radical (unpaired) electrons. The molecule has 4 atom stereocenters. The van der Waals surface area contributed by atoms with Crippen LogP contribution in [-0.2, 0) is 34.6 Å². The number of carbonyl (C=O) groups is 1. The fraction of sp³-hybridized carbons (Fsp3) is 0.444. The van der Waals surface area contributed by atoms with E-state index in [9.17, 15) is 9.90 Å². The lowest BCUT2D eigenvalue weighted by atomic mass is 9.82. The lowest BCUT2D eigenvalue weighted by Gasteiger charge is -2.31. The van der Waals surface area contributed by atoms with E-state index in [-0.39, 0.29) is 18.4 Å². The average Bonchev–Trinajstić information content (AvgIpc) is 3.48. The van der Waals surface area contributed by atoms with E-state index in [2.05, 4.69) is 39.0 Å². The third kappa shape index (κ3) is 4.94. The molecule has 38 heavy (non-hydrogen) atoms. The Kier molecular flexibility index (Phi) is 7.73. The van der Waals surface area contributed by atoms with Gasteiger partial charge >= 0.3 is 0 Å². The Labute approximate surface area is 241 Å². The van der Waals surface area contributed by atoms with Crippen LogP contribution < -0.4 is 4.90 Å². The minimum absolute atomic E-state index is 0.00308. The number of carbonyl (C=O) groups excluding carboxylic acids is 1. The van der Waals surface area contributed by atoms with Crippen LogP contribution >= 0.6 is 34.2 Å². The number of hydrogen-bond donors (Lipinski definition) is 1. The molecule has 2 aliphatic heterocycles. The second kappa shape index (κ2) is 10.6. The molecule has 3 heterocycles. The van der Waals surface area contributed by atoms with E-state index in [0.717, 1.165) is 14.8 Å². The molecule has 202 valence electrons. The molecular weight excluding hydrogens is 638 g/mol. The van der Waals surface area contributed by atoms with Crippen LogP contribution in [0, 0.1) is 9.49 Å². The largest absolute Gasteiger partial charge is 0.396 e. The van der Waals surface area contributed by atoms with Crippen molar-refractivity contribution in [3.8, 4) is 0 Å². The van der Waals surface area contributed by atoms with Crippen molar-refractivity contribution < 1.29 is 18.7 Å². The highest BCUT2D eigenvalue weighted by Crippen LogP contribution is 2.60. The van der Waals surface area contributed by atoms with E-state index < -0.39 is 25.7 Å². The van der Waals surface area contributed by atoms with Gasteiger partial charge in [-0.05, 0) is 78.0 Å². The maximum Gasteiger partial charge on any atom is 0.264 e. The number of hydrogen-bond acceptors (Lipinski definition) is 5. The van der Waals surface area contributed by atoms with Gasteiger partial charge in [0.25, 0.3) is 5.91 Å². The van der Waals surface area contributed by atoms with Gasteiger partial charge in [-0.25, -0.2) is 0 Å². The highest BCUT2D eigenvalue weighted by molar-refractivity contribution is 14.1. The smallest absolute Gasteiger partial charge is 0.264 e. The van der Waals surface area contributed by atoms with Crippen molar-refractivity contribution in [3.63, 3.8) is 0 Å². The molecule has 11 heteroatoms. The molecule has 1 N–H and O–H groups in total. The molecule has 1 aromatic heterocycles. The number of aliphatic hydroxyl groups excluding tert-OH is 1. The number of fused-ring (bicyclic) bond motifs is 2. The maximum absolute atomic E-state index is 16.0. The van der Waals surface area contributed by atoms with Gasteiger partial charge in [-0.2, -0.15) is 0 Å². The van der Waals surface area contributed by atoms with Crippen molar-refractivity contribution in [1.29, 1.82) is 0 Å². The summed E-state index contributed by atoms with van der Waals surface area (Å²) < 4.78 is 25.5. The Morgan fingerprint density at radius 3 is 2.76 bits per heavy atom. The molecule has 3 aromatic rings. The Hall–Kier alpha value is -1.86. The van der Waals surface area contributed by atoms with Gasteiger partial charge in [-0.3, -0.25) is 9.48 Å². The van der Waals surface area contributed by atoms with Gasteiger partial charge in [-0.1, -0.05) is 35.9 Å². The molecule has 0 aliphatic carbocycles. The highest BCUT2D eigenvalue weighted by Gasteiger charge is 2.66. The molecule has 1 saturated heterocycles. The summed E-state index contributed by atoms with van der Waals surface area (Å²) in [5, 5.41) is 17.9. The van der Waals surface area contributed by atoms with Crippen molar-refractivity contribution >= 4 is 54.2 Å². The molecule has 0 saturated carbocycles. The summed E-state index contributed by atoms with van der Waals surface area (Å²) in [6.45, 7) is 6.19. The molecule has 0 bridgehead atoms. The highest BCUT2D eigenvalue weighted by atomic mass is 127. The minimum atomic E-state index is -3.27. The Bertz CT molecular complexity index is 1350. The van der Waals surface area contributed by atoms with Gasteiger partial charge in [0.05, 0.1) is 24.0 Å². The zero-order valence-corrected chi connectivity index (χ0v) is 25.5. The van der Waals surface area contributed by atoms with Crippen LogP contribution in [0.5, 0.6) is 0 Å². The number of rotatable bonds is 8. The third-order valence-electron chi connectivity index (χ3n) is 7.75. The lowest BCUT2D eigenvalue weighted by Crippen LogP contribution is -2.45. The second-order valence-electron chi connectivity index (χ2n) is 10.7. The number of aliphatic hydroxyl groups is 1. The lowest BCUT2D eigenvalue weighted by molar-refractivity contribution is -0.146. The topological polar surface area (TPSA) is 80.5 Å². The number of aryl methyl sites for hydroxylation is 1. The van der Waals surface area contributed by atoms with Crippen molar-refractivity contribution in [3.05, 3.63) is 74.1 Å². The predicted molar refractivity (Wildman–Crippen MR) is 155 cm³/mol. The van der Waals surface area contributed by atoms with Gasteiger partial charge in [0.1, 0.15) is 0 Å². The third-order valence-corrected chi connectivity index (χ3v) is 11.1. The Morgan fingerprint density at radius 2 is 2.05 bits per heavy atom. The number of nitrogens with zero attached hydrogens (tertiary/aromatic N) is 4. The van der Waals surface area contributed by atoms with E-state index in [1.165, 1.54) is 0 Å². The van der Waals surface area contributed by atoms with E-state index in [1.54, 1.807) is 34.9 Å². The van der Waals surface area contributed by atoms with Crippen LogP contribution in [0.15, 0.2) is 48.7 Å². The quantitative estimate of drug-likeness (QED) is 0.195. The summed E-state index contributed by atoms with van der Waals surface area (Å²) in [6, 6.07) is 13.5. The van der Waals surface area contributed by atoms with Crippen LogP contribution in [0.25, 0.3) is 0 Å². The first kappa shape index (κ1) is 27.7. The molecule has 2 aliphatic rings. The fourth-order valence-corrected chi connectivity index (χ4v) is 9.52. The van der Waals surface area contributed by atoms with E-state index >= 15 is 4.11 Å². The summed E-state index contributed by atoms with van der Waals surface area (Å²) in [4.78, 5) is 16.1. The van der Waals surface area contributed by atoms with Gasteiger partial charge in [-0.15, -0.1) is 5.10 Å². The van der Waals surface area contributed by atoms with Crippen LogP contribution in [0.3, 0.4) is 0 Å². The number of ether oxygens (including phenoxy) is 1. The van der Waals surface area contributed by atoms with Crippen molar-refractivity contribution in [1.82, 2.24) is 15.0 Å². The SMILES string of the molecule is C[C@H]1[C@H]([Si](C)(C)F)[C@@H](CCn2cc(CCO)nn2)O[C@]12C(=O)N(Cc1cccc(I)c1)c1ccc(Cl)cc12. The average molecular weight is 669 g/mol. The fourth-order valence-electron chi connectivity index (χ4n) is 6.20. The van der Waals surface area contributed by atoms with Gasteiger partial charge in [0, 0.05) is 51.4 Å². The first-order chi connectivity index (χ1) is 18.0. The molecule has 5 rings (SSSR count). The number of amides is 1. The standard InChI is InChI=1S/C27H31ClFIN4O3Si/c1-17-25(38(2,3)29)24(9-11-33-16-21(10-12-35)31-32-33)37-27(17)22-14-19(28)7-8-23(22)34(26(27)36)15-18-5-4-6-20(30)13-18/h4-8,13-14,16-17,24-25,35H,9-12,15H2,1-3H3/t17-,24+,25-,27+/m0/s1. The Balaban J connectivity index is 1.51. The summed E-state index contributed by atoms with van der Waals surface area (Å²) in [5.74, 6) is -0.552. The summed E-state index contributed by atoms with van der Waals surface area (Å²) in [6.07, 6.45) is 2.22. The maximum atomic E-state index is 16.0. The first-order valence-corrected chi connectivity index (χ1v) is 17.2. The molecular formula is C27H31ClFIN4O3Si. The van der Waals surface area contributed by atoms with Crippen molar-refractivity contribution in [2.75, 3.05) is 11.5 Å². The molecule has 1 spiro atoms. The number of benzene rings is 2. The zero-order chi connectivity index (χ0) is 27.2. The number of aromatic nitrogens is 3. The van der Waals surface area contributed by atoms with Crippen LogP contribution in [0.1, 0.15) is 30.2 Å². The minimum Gasteiger partial charge on any atom is -0.396 e. The Morgan fingerprint density at radius 1 is 1.26 bits per heavy atom. The van der Waals surface area contributed by atoms with Gasteiger partial charge < -0.3 is 18.9 Å². The van der Waals surface area contributed by atoms with E-state index in [1.807, 2.05) is 37.3 Å². The van der Waals surface area contributed by atoms with Crippen LogP contribution in [0.4, 0.5) is 9.80 Å². The van der Waals surface area contributed by atoms with Gasteiger partial charge in [0.15, 0.2) is 5.60 Å². The molecule has 1 amide bonds. The summed E-state index contributed by atoms with van der Waals surface area (Å²) in [5.41, 5.74) is 1.46. The van der Waals surface area contributed by atoms with E-state index in [0.29, 0.717) is 42.2 Å². The predicted octanol–water partition coefficient (Wildman–Crippen LogP) is 5.48. The normalized spacial score (nSPS) is 25.0. The monoisotopic (exact) mass is 668 g/mol. The summed E-state index contributed by atoms with van der Waals surface area (Å²) >= 11 is 8.72. The second-order valence-corrected chi connectivity index (χ2v) is 16.2. The van der Waals surface area contributed by atoms with Gasteiger partial charge in [0.2, 0.25) is 8.41 Å². The summed E-state index contributed by atoms with van der Waals surface area (Å²) in [7, 11) is -3.27. The van der Waals surface area contributed by atoms with Crippen molar-refractivity contribution in [2.45, 2.75) is 63.2 Å². The number of halogens is 3. The van der Waals surface area contributed by atoms with Crippen LogP contribution in [-0.4, -0.2) is 47.1 Å². The van der Waals surface area contributed by atoms with Crippen molar-refractivity contribution in [2.24, 2.45) is 5.92 Å². The molecule has 7 nitrogen and oxygen atoms in total. The number of anilines is 1. The molecule has 0 unspecified atom stereocenters.